The molecule has 206 valence electrons. The van der Waals surface area contributed by atoms with Crippen molar-refractivity contribution in [2.24, 2.45) is 11.8 Å². The number of hydrogen-bond donors (Lipinski definition) is 1. The third-order valence-electron chi connectivity index (χ3n) is 8.56. The molecule has 1 spiro atoms. The van der Waals surface area contributed by atoms with Crippen molar-refractivity contribution in [2.45, 2.75) is 57.1 Å². The summed E-state index contributed by atoms with van der Waals surface area (Å²) < 4.78 is 8.32. The summed E-state index contributed by atoms with van der Waals surface area (Å²) in [6.07, 6.45) is 8.09. The molecule has 6 atom stereocenters. The number of benzene rings is 1. The molecule has 4 aliphatic heterocycles. The molecule has 1 unspecified atom stereocenters. The Kier molecular flexibility index (Phi) is 6.50. The number of aromatic nitrogens is 3. The summed E-state index contributed by atoms with van der Waals surface area (Å²) in [5.41, 5.74) is 0.191. The maximum absolute atomic E-state index is 14.4. The Bertz CT molecular complexity index is 1350. The summed E-state index contributed by atoms with van der Waals surface area (Å²) >= 11 is 0. The average Bonchev–Trinajstić information content (AvgIpc) is 3.50. The van der Waals surface area contributed by atoms with Gasteiger partial charge in [0.2, 0.25) is 11.8 Å². The van der Waals surface area contributed by atoms with Crippen molar-refractivity contribution in [3.63, 3.8) is 0 Å². The van der Waals surface area contributed by atoms with Gasteiger partial charge < -0.3 is 24.5 Å². The molecule has 5 heterocycles. The van der Waals surface area contributed by atoms with E-state index in [0.717, 1.165) is 17.5 Å². The first-order valence-corrected chi connectivity index (χ1v) is 13.8. The van der Waals surface area contributed by atoms with E-state index >= 15 is 0 Å². The molecule has 3 amide bonds. The number of carbonyl (C=O) groups excluding carboxylic acids is 3. The Morgan fingerprint density at radius 1 is 1.08 bits per heavy atom. The van der Waals surface area contributed by atoms with E-state index in [1.807, 2.05) is 62.4 Å². The van der Waals surface area contributed by atoms with Crippen LogP contribution in [0.4, 0.5) is 0 Å². The molecule has 4 aliphatic rings. The number of fused-ring (bicyclic) bond motifs is 3. The highest BCUT2D eigenvalue weighted by Crippen LogP contribution is 2.54. The van der Waals surface area contributed by atoms with Gasteiger partial charge in [-0.2, -0.15) is 0 Å². The van der Waals surface area contributed by atoms with E-state index in [1.54, 1.807) is 14.5 Å². The standard InChI is InChI=1S/C28H34N6O5/c1-3-13-31-14-7-11-21-22(25(31)36)23-26(37)34(18(4-2)16-35)24-27(38)32(15-8-12-28(23,24)39-21)17-33-20-10-6-5-9-19(20)29-30-33/h5-12,18,21-24,35H,3-4,13-17H2,1-2H3/t18-,21-,22+,23-,24?,28-/m0/s1. The molecule has 1 N–H and O–H groups in total. The van der Waals surface area contributed by atoms with Gasteiger partial charge in [0.15, 0.2) is 0 Å². The van der Waals surface area contributed by atoms with E-state index < -0.39 is 35.6 Å². The van der Waals surface area contributed by atoms with Gasteiger partial charge in [-0.05, 0) is 25.0 Å². The van der Waals surface area contributed by atoms with Crippen LogP contribution >= 0.6 is 0 Å². The second-order valence-electron chi connectivity index (χ2n) is 10.7. The van der Waals surface area contributed by atoms with Crippen molar-refractivity contribution in [2.75, 3.05) is 26.2 Å². The molecular formula is C28H34N6O5. The molecule has 39 heavy (non-hydrogen) atoms. The van der Waals surface area contributed by atoms with Crippen molar-refractivity contribution >= 4 is 28.8 Å². The molecule has 6 rings (SSSR count). The van der Waals surface area contributed by atoms with Crippen LogP contribution < -0.4 is 0 Å². The highest BCUT2D eigenvalue weighted by atomic mass is 16.5. The number of rotatable bonds is 7. The number of aliphatic hydroxyl groups excluding tert-OH is 1. The van der Waals surface area contributed by atoms with Gasteiger partial charge in [-0.3, -0.25) is 14.4 Å². The number of likely N-dealkylation sites (tertiary alicyclic amines) is 1. The van der Waals surface area contributed by atoms with Crippen LogP contribution in [0, 0.1) is 11.8 Å². The summed E-state index contributed by atoms with van der Waals surface area (Å²) in [6.45, 7) is 5.04. The number of para-hydroxylation sites is 1. The van der Waals surface area contributed by atoms with Crippen molar-refractivity contribution in [1.82, 2.24) is 29.7 Å². The SMILES string of the molecule is CCCN1CC=C[C@@H]2O[C@]34C=CCN(Cn5nnc6ccccc65)C(=O)C3N([C@@H](CC)CO)C(=O)[C@@H]4[C@@H]2C1=O. The van der Waals surface area contributed by atoms with Gasteiger partial charge in [-0.1, -0.05) is 55.5 Å². The zero-order valence-electron chi connectivity index (χ0n) is 22.2. The zero-order valence-corrected chi connectivity index (χ0v) is 22.2. The minimum atomic E-state index is -1.32. The second kappa shape index (κ2) is 9.87. The van der Waals surface area contributed by atoms with E-state index in [9.17, 15) is 19.5 Å². The molecule has 2 aromatic rings. The van der Waals surface area contributed by atoms with Crippen LogP contribution in [0.3, 0.4) is 0 Å². The topological polar surface area (TPSA) is 121 Å². The number of ether oxygens (including phenoxy) is 1. The van der Waals surface area contributed by atoms with Crippen LogP contribution in [0.25, 0.3) is 11.0 Å². The highest BCUT2D eigenvalue weighted by molar-refractivity contribution is 6.00. The van der Waals surface area contributed by atoms with Crippen LogP contribution in [-0.2, 0) is 25.8 Å². The van der Waals surface area contributed by atoms with Crippen molar-refractivity contribution in [3.8, 4) is 0 Å². The fraction of sp³-hybridized carbons (Fsp3) is 0.536. The summed E-state index contributed by atoms with van der Waals surface area (Å²) in [7, 11) is 0. The largest absolute Gasteiger partial charge is 0.394 e. The number of hydrogen-bond acceptors (Lipinski definition) is 7. The predicted octanol–water partition coefficient (Wildman–Crippen LogP) is 0.947. The highest BCUT2D eigenvalue weighted by Gasteiger charge is 2.72. The first-order chi connectivity index (χ1) is 18.9. The van der Waals surface area contributed by atoms with Crippen LogP contribution in [-0.4, -0.2) is 103 Å². The molecule has 0 radical (unpaired) electrons. The summed E-state index contributed by atoms with van der Waals surface area (Å²) in [5.74, 6) is -2.36. The van der Waals surface area contributed by atoms with Gasteiger partial charge in [0.1, 0.15) is 23.8 Å². The van der Waals surface area contributed by atoms with Crippen LogP contribution in [0.2, 0.25) is 0 Å². The van der Waals surface area contributed by atoms with E-state index in [-0.39, 0.29) is 37.5 Å². The van der Waals surface area contributed by atoms with Gasteiger partial charge >= 0.3 is 0 Å². The minimum Gasteiger partial charge on any atom is -0.394 e. The smallest absolute Gasteiger partial charge is 0.250 e. The Morgan fingerprint density at radius 3 is 2.64 bits per heavy atom. The molecule has 11 nitrogen and oxygen atoms in total. The fourth-order valence-corrected chi connectivity index (χ4v) is 6.76. The zero-order chi connectivity index (χ0) is 27.3. The molecule has 2 fully saturated rings. The summed E-state index contributed by atoms with van der Waals surface area (Å²) in [6, 6.07) is 5.91. The summed E-state index contributed by atoms with van der Waals surface area (Å²) in [4.78, 5) is 47.3. The first kappa shape index (κ1) is 25.7. The first-order valence-electron chi connectivity index (χ1n) is 13.8. The molecule has 0 saturated carbocycles. The Hall–Kier alpha value is -3.57. The lowest BCUT2D eigenvalue weighted by molar-refractivity contribution is -0.152. The normalized spacial score (nSPS) is 30.9. The Labute approximate surface area is 226 Å². The van der Waals surface area contributed by atoms with Crippen molar-refractivity contribution in [1.29, 1.82) is 0 Å². The van der Waals surface area contributed by atoms with E-state index in [1.165, 1.54) is 4.90 Å². The maximum Gasteiger partial charge on any atom is 0.250 e. The molecule has 11 heteroatoms. The van der Waals surface area contributed by atoms with Gasteiger partial charge in [-0.25, -0.2) is 4.68 Å². The molecule has 0 bridgehead atoms. The molecule has 0 aliphatic carbocycles. The number of nitrogens with zero attached hydrogens (tertiary/aromatic N) is 6. The molecule has 2 saturated heterocycles. The fourth-order valence-electron chi connectivity index (χ4n) is 6.76. The van der Waals surface area contributed by atoms with Gasteiger partial charge in [-0.15, -0.1) is 5.10 Å². The molecule has 1 aromatic carbocycles. The maximum atomic E-state index is 14.4. The van der Waals surface area contributed by atoms with Crippen LogP contribution in [0.15, 0.2) is 48.6 Å². The Balaban J connectivity index is 1.42. The quantitative estimate of drug-likeness (QED) is 0.525. The third kappa shape index (κ3) is 3.81. The average molecular weight is 535 g/mol. The number of aliphatic hydroxyl groups is 1. The van der Waals surface area contributed by atoms with Crippen LogP contribution in [0.1, 0.15) is 26.7 Å². The van der Waals surface area contributed by atoms with Crippen LogP contribution in [0.5, 0.6) is 0 Å². The van der Waals surface area contributed by atoms with Crippen molar-refractivity contribution < 1.29 is 24.2 Å². The lowest BCUT2D eigenvalue weighted by Gasteiger charge is -2.38. The third-order valence-corrected chi connectivity index (χ3v) is 8.56. The summed E-state index contributed by atoms with van der Waals surface area (Å²) in [5, 5.41) is 18.7. The monoisotopic (exact) mass is 534 g/mol. The molecule has 1 aromatic heterocycles. The number of carbonyl (C=O) groups is 3. The predicted molar refractivity (Wildman–Crippen MR) is 141 cm³/mol. The number of amides is 3. The van der Waals surface area contributed by atoms with Crippen molar-refractivity contribution in [3.05, 3.63) is 48.6 Å². The van der Waals surface area contributed by atoms with Gasteiger partial charge in [0.05, 0.1) is 36.1 Å². The van der Waals surface area contributed by atoms with E-state index in [0.29, 0.717) is 19.5 Å². The van der Waals surface area contributed by atoms with E-state index in [2.05, 4.69) is 10.3 Å². The molecular weight excluding hydrogens is 500 g/mol. The van der Waals surface area contributed by atoms with Gasteiger partial charge in [0, 0.05) is 19.6 Å². The lowest BCUT2D eigenvalue weighted by atomic mass is 9.77. The van der Waals surface area contributed by atoms with Gasteiger partial charge in [0.25, 0.3) is 5.91 Å². The Morgan fingerprint density at radius 2 is 1.87 bits per heavy atom. The van der Waals surface area contributed by atoms with E-state index in [4.69, 9.17) is 4.74 Å². The minimum absolute atomic E-state index is 0.129. The lowest BCUT2D eigenvalue weighted by Crippen LogP contribution is -2.58. The second-order valence-corrected chi connectivity index (χ2v) is 10.7.